The van der Waals surface area contributed by atoms with E-state index in [1.165, 1.54) is 0 Å². The van der Waals surface area contributed by atoms with Gasteiger partial charge >= 0.3 is 0 Å². The molecule has 2 aromatic heterocycles. The largest absolute Gasteiger partial charge is 0.352 e. The second-order valence-electron chi connectivity index (χ2n) is 4.79. The third kappa shape index (κ3) is 3.14. The van der Waals surface area contributed by atoms with Crippen LogP contribution in [-0.4, -0.2) is 43.0 Å². The molecule has 0 saturated heterocycles. The molecule has 104 valence electrons. The van der Waals surface area contributed by atoms with Gasteiger partial charge in [-0.25, -0.2) is 9.97 Å². The summed E-state index contributed by atoms with van der Waals surface area (Å²) in [6, 6.07) is 0. The van der Waals surface area contributed by atoms with Gasteiger partial charge in [0, 0.05) is 31.3 Å². The van der Waals surface area contributed by atoms with Gasteiger partial charge in [-0.3, -0.25) is 4.79 Å². The van der Waals surface area contributed by atoms with Crippen LogP contribution in [0.2, 0.25) is 0 Å². The first kappa shape index (κ1) is 12.6. The van der Waals surface area contributed by atoms with E-state index in [0.29, 0.717) is 30.3 Å². The van der Waals surface area contributed by atoms with E-state index in [9.17, 15) is 4.79 Å². The number of tetrazole rings is 1. The van der Waals surface area contributed by atoms with Crippen molar-refractivity contribution in [1.29, 1.82) is 0 Å². The van der Waals surface area contributed by atoms with Crippen molar-refractivity contribution in [2.45, 2.75) is 31.6 Å². The summed E-state index contributed by atoms with van der Waals surface area (Å²) in [5.41, 5.74) is 0.494. The van der Waals surface area contributed by atoms with Gasteiger partial charge in [-0.15, -0.1) is 10.2 Å². The summed E-state index contributed by atoms with van der Waals surface area (Å²) in [5, 5.41) is 16.4. The quantitative estimate of drug-likeness (QED) is 0.729. The third-order valence-electron chi connectivity index (χ3n) is 3.13. The number of carbonyl (C=O) groups excluding carboxylic acids is 1. The maximum Gasteiger partial charge on any atom is 0.254 e. The molecule has 1 saturated carbocycles. The van der Waals surface area contributed by atoms with E-state index in [4.69, 9.17) is 0 Å². The molecule has 0 unspecified atom stereocenters. The van der Waals surface area contributed by atoms with Crippen LogP contribution in [0, 0.1) is 0 Å². The zero-order chi connectivity index (χ0) is 13.8. The summed E-state index contributed by atoms with van der Waals surface area (Å²) in [7, 11) is 0. The van der Waals surface area contributed by atoms with E-state index in [1.54, 1.807) is 12.4 Å². The molecule has 1 aliphatic carbocycles. The normalized spacial score (nSPS) is 14.2. The number of hydrogen-bond donors (Lipinski definition) is 2. The molecule has 20 heavy (non-hydrogen) atoms. The minimum atomic E-state index is -0.152. The summed E-state index contributed by atoms with van der Waals surface area (Å²) in [5.74, 6) is 1.84. The molecule has 2 heterocycles. The van der Waals surface area contributed by atoms with Crippen LogP contribution in [0.15, 0.2) is 12.4 Å². The first-order valence-corrected chi connectivity index (χ1v) is 6.65. The monoisotopic (exact) mass is 273 g/mol. The van der Waals surface area contributed by atoms with Crippen LogP contribution in [-0.2, 0) is 6.42 Å². The highest BCUT2D eigenvalue weighted by molar-refractivity contribution is 5.93. The number of hydrogen-bond acceptors (Lipinski definition) is 6. The van der Waals surface area contributed by atoms with Gasteiger partial charge in [0.2, 0.25) is 0 Å². The Morgan fingerprint density at radius 3 is 2.80 bits per heavy atom. The number of rotatable bonds is 6. The van der Waals surface area contributed by atoms with Gasteiger partial charge in [0.1, 0.15) is 5.82 Å². The van der Waals surface area contributed by atoms with Crippen molar-refractivity contribution in [3.05, 3.63) is 29.6 Å². The lowest BCUT2D eigenvalue weighted by molar-refractivity contribution is 0.0952. The predicted octanol–water partition coefficient (Wildman–Crippen LogP) is 0.230. The standard InChI is InChI=1S/C12H15N7O/c20-12(13-5-1-2-10-16-18-19-17-10)9-6-14-11(15-7-9)8-3-4-8/h6-8H,1-5H2,(H,13,20)(H,16,17,18,19). The van der Waals surface area contributed by atoms with E-state index in [0.717, 1.165) is 25.1 Å². The highest BCUT2D eigenvalue weighted by Gasteiger charge is 2.26. The van der Waals surface area contributed by atoms with Crippen LogP contribution in [0.25, 0.3) is 0 Å². The average molecular weight is 273 g/mol. The van der Waals surface area contributed by atoms with Gasteiger partial charge in [-0.1, -0.05) is 5.21 Å². The van der Waals surface area contributed by atoms with Crippen LogP contribution in [0.5, 0.6) is 0 Å². The van der Waals surface area contributed by atoms with Gasteiger partial charge in [-0.2, -0.15) is 5.21 Å². The van der Waals surface area contributed by atoms with Gasteiger partial charge in [0.15, 0.2) is 5.82 Å². The Labute approximate surface area is 115 Å². The number of carbonyl (C=O) groups is 1. The van der Waals surface area contributed by atoms with Crippen LogP contribution in [0.1, 0.15) is 47.2 Å². The molecule has 0 aliphatic heterocycles. The molecule has 2 N–H and O–H groups in total. The third-order valence-corrected chi connectivity index (χ3v) is 3.13. The number of nitrogens with zero attached hydrogens (tertiary/aromatic N) is 5. The molecule has 8 nitrogen and oxygen atoms in total. The average Bonchev–Trinajstić information content (AvgIpc) is 3.21. The van der Waals surface area contributed by atoms with Crippen molar-refractivity contribution < 1.29 is 4.79 Å². The Balaban J connectivity index is 1.43. The fraction of sp³-hybridized carbons (Fsp3) is 0.500. The smallest absolute Gasteiger partial charge is 0.254 e. The minimum Gasteiger partial charge on any atom is -0.352 e. The molecule has 0 aromatic carbocycles. The molecule has 3 rings (SSSR count). The second-order valence-corrected chi connectivity index (χ2v) is 4.79. The van der Waals surface area contributed by atoms with Crippen LogP contribution >= 0.6 is 0 Å². The predicted molar refractivity (Wildman–Crippen MR) is 68.8 cm³/mol. The maximum atomic E-state index is 11.9. The number of H-pyrrole nitrogens is 1. The van der Waals surface area contributed by atoms with Crippen molar-refractivity contribution in [1.82, 2.24) is 35.9 Å². The highest BCUT2D eigenvalue weighted by Crippen LogP contribution is 2.37. The zero-order valence-corrected chi connectivity index (χ0v) is 10.9. The molecule has 1 aliphatic rings. The lowest BCUT2D eigenvalue weighted by Gasteiger charge is -2.04. The first-order chi connectivity index (χ1) is 9.83. The Morgan fingerprint density at radius 1 is 1.35 bits per heavy atom. The van der Waals surface area contributed by atoms with E-state index < -0.39 is 0 Å². The molecule has 0 spiro atoms. The maximum absolute atomic E-state index is 11.9. The van der Waals surface area contributed by atoms with Gasteiger partial charge in [0.05, 0.1) is 5.56 Å². The highest BCUT2D eigenvalue weighted by atomic mass is 16.1. The van der Waals surface area contributed by atoms with Crippen LogP contribution < -0.4 is 5.32 Å². The summed E-state index contributed by atoms with van der Waals surface area (Å²) in [4.78, 5) is 20.3. The van der Waals surface area contributed by atoms with Crippen molar-refractivity contribution in [3.63, 3.8) is 0 Å². The fourth-order valence-corrected chi connectivity index (χ4v) is 1.85. The first-order valence-electron chi connectivity index (χ1n) is 6.65. The molecule has 1 fully saturated rings. The molecule has 0 radical (unpaired) electrons. The van der Waals surface area contributed by atoms with E-state index in [1.807, 2.05) is 0 Å². The van der Waals surface area contributed by atoms with Crippen molar-refractivity contribution >= 4 is 5.91 Å². The summed E-state index contributed by atoms with van der Waals surface area (Å²) in [6.45, 7) is 0.553. The number of amides is 1. The molecule has 1 amide bonds. The van der Waals surface area contributed by atoms with Crippen molar-refractivity contribution in [2.75, 3.05) is 6.54 Å². The lowest BCUT2D eigenvalue weighted by atomic mass is 10.2. The topological polar surface area (TPSA) is 109 Å². The lowest BCUT2D eigenvalue weighted by Crippen LogP contribution is -2.25. The van der Waals surface area contributed by atoms with E-state index in [2.05, 4.69) is 35.9 Å². The van der Waals surface area contributed by atoms with E-state index in [-0.39, 0.29) is 5.91 Å². The Morgan fingerprint density at radius 2 is 2.15 bits per heavy atom. The molecular weight excluding hydrogens is 258 g/mol. The SMILES string of the molecule is O=C(NCCCc1nn[nH]n1)c1cnc(C2CC2)nc1. The van der Waals surface area contributed by atoms with Gasteiger partial charge in [0.25, 0.3) is 5.91 Å². The Bertz CT molecular complexity index is 562. The zero-order valence-electron chi connectivity index (χ0n) is 10.9. The van der Waals surface area contributed by atoms with Crippen molar-refractivity contribution in [3.8, 4) is 0 Å². The summed E-state index contributed by atoms with van der Waals surface area (Å²) >= 11 is 0. The molecule has 8 heteroatoms. The molecular formula is C12H15N7O. The Kier molecular flexibility index (Phi) is 3.62. The number of aromatic amines is 1. The van der Waals surface area contributed by atoms with Gasteiger partial charge < -0.3 is 5.32 Å². The number of nitrogens with one attached hydrogen (secondary N) is 2. The summed E-state index contributed by atoms with van der Waals surface area (Å²) in [6.07, 6.45) is 6.92. The molecule has 2 aromatic rings. The van der Waals surface area contributed by atoms with Gasteiger partial charge in [-0.05, 0) is 19.3 Å². The number of aryl methyl sites for hydroxylation is 1. The van der Waals surface area contributed by atoms with Crippen LogP contribution in [0.3, 0.4) is 0 Å². The van der Waals surface area contributed by atoms with E-state index >= 15 is 0 Å². The minimum absolute atomic E-state index is 0.152. The molecule has 0 bridgehead atoms. The summed E-state index contributed by atoms with van der Waals surface area (Å²) < 4.78 is 0. The van der Waals surface area contributed by atoms with Crippen molar-refractivity contribution in [2.24, 2.45) is 0 Å². The fourth-order valence-electron chi connectivity index (χ4n) is 1.85. The second kappa shape index (κ2) is 5.72. The Hall–Kier alpha value is -2.38. The molecule has 0 atom stereocenters. The number of aromatic nitrogens is 6. The van der Waals surface area contributed by atoms with Crippen LogP contribution in [0.4, 0.5) is 0 Å².